The van der Waals surface area contributed by atoms with Crippen molar-refractivity contribution >= 4 is 5.96 Å². The summed E-state index contributed by atoms with van der Waals surface area (Å²) in [4.78, 5) is 12.1. The fourth-order valence-corrected chi connectivity index (χ4v) is 4.82. The lowest BCUT2D eigenvalue weighted by Gasteiger charge is -2.34. The Balaban J connectivity index is 1.34. The summed E-state index contributed by atoms with van der Waals surface area (Å²) in [6.45, 7) is 9.09. The molecule has 1 aromatic heterocycles. The number of furan rings is 1. The molecule has 0 amide bonds. The third-order valence-electron chi connectivity index (χ3n) is 6.39. The molecule has 4 heterocycles. The Morgan fingerprint density at radius 2 is 2.00 bits per heavy atom. The maximum absolute atomic E-state index is 5.78. The van der Waals surface area contributed by atoms with Crippen LogP contribution < -0.4 is 5.32 Å². The van der Waals surface area contributed by atoms with Gasteiger partial charge in [-0.15, -0.1) is 0 Å². The molecule has 3 fully saturated rings. The number of nitrogens with one attached hydrogen (secondary N) is 1. The van der Waals surface area contributed by atoms with Crippen LogP contribution in [0.25, 0.3) is 0 Å². The molecule has 0 radical (unpaired) electrons. The van der Waals surface area contributed by atoms with E-state index in [2.05, 4.69) is 31.1 Å². The van der Waals surface area contributed by atoms with E-state index in [0.29, 0.717) is 6.04 Å². The zero-order chi connectivity index (χ0) is 19.2. The second kappa shape index (κ2) is 9.76. The fourth-order valence-electron chi connectivity index (χ4n) is 4.82. The van der Waals surface area contributed by atoms with Crippen LogP contribution in [-0.2, 0) is 4.74 Å². The van der Waals surface area contributed by atoms with Crippen molar-refractivity contribution in [1.82, 2.24) is 20.0 Å². The molecule has 0 bridgehead atoms. The average molecular weight is 390 g/mol. The molecule has 7 heteroatoms. The van der Waals surface area contributed by atoms with Gasteiger partial charge in [-0.2, -0.15) is 0 Å². The minimum atomic E-state index is 0.268. The lowest BCUT2D eigenvalue weighted by atomic mass is 10.1. The molecular weight excluding hydrogens is 354 g/mol. The second-order valence-electron chi connectivity index (χ2n) is 8.09. The summed E-state index contributed by atoms with van der Waals surface area (Å²) in [5, 5.41) is 3.65. The Morgan fingerprint density at radius 1 is 1.18 bits per heavy atom. The highest BCUT2D eigenvalue weighted by Gasteiger charge is 2.31. The summed E-state index contributed by atoms with van der Waals surface area (Å²) < 4.78 is 11.3. The molecule has 28 heavy (non-hydrogen) atoms. The van der Waals surface area contributed by atoms with Gasteiger partial charge in [0.2, 0.25) is 0 Å². The first-order valence-electron chi connectivity index (χ1n) is 10.9. The summed E-state index contributed by atoms with van der Waals surface area (Å²) in [5.41, 5.74) is 0. The van der Waals surface area contributed by atoms with Gasteiger partial charge in [-0.1, -0.05) is 6.42 Å². The van der Waals surface area contributed by atoms with E-state index in [4.69, 9.17) is 9.15 Å². The van der Waals surface area contributed by atoms with E-state index in [1.165, 1.54) is 25.7 Å². The largest absolute Gasteiger partial charge is 0.468 e. The molecule has 0 saturated carbocycles. The summed E-state index contributed by atoms with van der Waals surface area (Å²) in [6, 6.07) is 4.98. The third-order valence-corrected chi connectivity index (χ3v) is 6.39. The first-order chi connectivity index (χ1) is 13.8. The van der Waals surface area contributed by atoms with Gasteiger partial charge >= 0.3 is 0 Å². The second-order valence-corrected chi connectivity index (χ2v) is 8.09. The molecule has 0 spiro atoms. The van der Waals surface area contributed by atoms with Gasteiger partial charge in [-0.25, -0.2) is 0 Å². The van der Waals surface area contributed by atoms with Crippen LogP contribution in [0.3, 0.4) is 0 Å². The van der Waals surface area contributed by atoms with E-state index in [-0.39, 0.29) is 6.04 Å². The van der Waals surface area contributed by atoms with E-state index in [1.54, 1.807) is 6.26 Å². The maximum Gasteiger partial charge on any atom is 0.193 e. The highest BCUT2D eigenvalue weighted by molar-refractivity contribution is 5.80. The predicted molar refractivity (Wildman–Crippen MR) is 111 cm³/mol. The summed E-state index contributed by atoms with van der Waals surface area (Å²) >= 11 is 0. The number of ether oxygens (including phenoxy) is 1. The van der Waals surface area contributed by atoms with Crippen LogP contribution in [0.4, 0.5) is 0 Å². The molecule has 3 aliphatic rings. The Bertz CT molecular complexity index is 608. The molecule has 0 aromatic carbocycles. The van der Waals surface area contributed by atoms with Gasteiger partial charge in [0, 0.05) is 45.8 Å². The van der Waals surface area contributed by atoms with Crippen molar-refractivity contribution in [2.75, 3.05) is 66.1 Å². The van der Waals surface area contributed by atoms with Crippen molar-refractivity contribution in [3.8, 4) is 0 Å². The Labute approximate surface area is 168 Å². The van der Waals surface area contributed by atoms with Gasteiger partial charge in [-0.3, -0.25) is 14.8 Å². The smallest absolute Gasteiger partial charge is 0.193 e. The van der Waals surface area contributed by atoms with Crippen LogP contribution in [0, 0.1) is 0 Å². The molecule has 3 saturated heterocycles. The number of nitrogens with zero attached hydrogens (tertiary/aromatic N) is 4. The van der Waals surface area contributed by atoms with Gasteiger partial charge in [0.1, 0.15) is 5.76 Å². The van der Waals surface area contributed by atoms with E-state index in [0.717, 1.165) is 70.7 Å². The predicted octanol–water partition coefficient (Wildman–Crippen LogP) is 1.79. The van der Waals surface area contributed by atoms with Gasteiger partial charge in [0.15, 0.2) is 5.96 Å². The topological polar surface area (TPSA) is 56.5 Å². The molecule has 2 unspecified atom stereocenters. The number of piperidine rings is 1. The van der Waals surface area contributed by atoms with Crippen molar-refractivity contribution in [1.29, 1.82) is 0 Å². The van der Waals surface area contributed by atoms with E-state index < -0.39 is 0 Å². The molecule has 4 rings (SSSR count). The Kier molecular flexibility index (Phi) is 6.88. The monoisotopic (exact) mass is 389 g/mol. The molecule has 1 N–H and O–H groups in total. The van der Waals surface area contributed by atoms with Crippen LogP contribution in [-0.4, -0.2) is 92.8 Å². The minimum absolute atomic E-state index is 0.268. The molecule has 3 aliphatic heterocycles. The maximum atomic E-state index is 5.78. The number of rotatable bonds is 5. The molecule has 1 aromatic rings. The lowest BCUT2D eigenvalue weighted by molar-refractivity contribution is 0.0194. The molecule has 7 nitrogen and oxygen atoms in total. The third kappa shape index (κ3) is 4.70. The van der Waals surface area contributed by atoms with Crippen LogP contribution in [0.1, 0.15) is 37.5 Å². The first-order valence-corrected chi connectivity index (χ1v) is 10.9. The highest BCUT2D eigenvalue weighted by atomic mass is 16.5. The van der Waals surface area contributed by atoms with Crippen molar-refractivity contribution < 1.29 is 9.15 Å². The van der Waals surface area contributed by atoms with Gasteiger partial charge in [0.25, 0.3) is 0 Å². The molecular formula is C21H35N5O2. The van der Waals surface area contributed by atoms with Gasteiger partial charge in [0.05, 0.1) is 25.5 Å². The van der Waals surface area contributed by atoms with Crippen LogP contribution >= 0.6 is 0 Å². The first kappa shape index (κ1) is 19.7. The van der Waals surface area contributed by atoms with Crippen LogP contribution in [0.5, 0.6) is 0 Å². The van der Waals surface area contributed by atoms with Crippen molar-refractivity contribution in [3.63, 3.8) is 0 Å². The number of morpholine rings is 1. The van der Waals surface area contributed by atoms with Crippen molar-refractivity contribution in [3.05, 3.63) is 24.2 Å². The zero-order valence-corrected chi connectivity index (χ0v) is 17.2. The van der Waals surface area contributed by atoms with Gasteiger partial charge < -0.3 is 19.4 Å². The Hall–Kier alpha value is -1.57. The van der Waals surface area contributed by atoms with E-state index in [9.17, 15) is 0 Å². The standard InChI is InChI=1S/C21H35N5O2/c1-22-21(26-10-7-18(17-26)24-11-14-27-15-12-24)23-16-19(20-6-5-13-28-20)25-8-3-2-4-9-25/h5-6,13,18-19H,2-4,7-12,14-17H2,1H3,(H,22,23). The SMILES string of the molecule is CN=C(NCC(c1ccco1)N1CCCCC1)N1CCC(N2CCOCC2)C1. The number of aliphatic imine (C=N–C) groups is 1. The average Bonchev–Trinajstić information content (AvgIpc) is 3.45. The van der Waals surface area contributed by atoms with E-state index in [1.807, 2.05) is 13.1 Å². The minimum Gasteiger partial charge on any atom is -0.468 e. The number of guanidine groups is 1. The van der Waals surface area contributed by atoms with Crippen molar-refractivity contribution in [2.45, 2.75) is 37.8 Å². The molecule has 0 aliphatic carbocycles. The molecule has 156 valence electrons. The zero-order valence-electron chi connectivity index (χ0n) is 17.2. The van der Waals surface area contributed by atoms with Crippen LogP contribution in [0.2, 0.25) is 0 Å². The highest BCUT2D eigenvalue weighted by Crippen LogP contribution is 2.25. The summed E-state index contributed by atoms with van der Waals surface area (Å²) in [7, 11) is 1.90. The summed E-state index contributed by atoms with van der Waals surface area (Å²) in [6.07, 6.45) is 6.88. The number of hydrogen-bond donors (Lipinski definition) is 1. The summed E-state index contributed by atoms with van der Waals surface area (Å²) in [5.74, 6) is 2.07. The van der Waals surface area contributed by atoms with Crippen LogP contribution in [0.15, 0.2) is 27.8 Å². The number of likely N-dealkylation sites (tertiary alicyclic amines) is 2. The normalized spacial score (nSPS) is 26.5. The van der Waals surface area contributed by atoms with E-state index >= 15 is 0 Å². The Morgan fingerprint density at radius 3 is 2.71 bits per heavy atom. The van der Waals surface area contributed by atoms with Crippen molar-refractivity contribution in [2.24, 2.45) is 4.99 Å². The fraction of sp³-hybridized carbons (Fsp3) is 0.762. The van der Waals surface area contributed by atoms with Gasteiger partial charge in [-0.05, 0) is 44.5 Å². The molecule has 2 atom stereocenters. The number of hydrogen-bond acceptors (Lipinski definition) is 5. The quantitative estimate of drug-likeness (QED) is 0.612. The lowest BCUT2D eigenvalue weighted by Crippen LogP contribution is -2.48.